The van der Waals surface area contributed by atoms with Crippen LogP contribution >= 0.6 is 0 Å². The molecule has 9 heteroatoms. The largest absolute Gasteiger partial charge is 0.490 e. The first-order valence-electron chi connectivity index (χ1n) is 12.7. The number of aryl methyl sites for hydroxylation is 1. The maximum Gasteiger partial charge on any atom is 0.350 e. The summed E-state index contributed by atoms with van der Waals surface area (Å²) in [4.78, 5) is 26.1. The molecule has 2 aromatic carbocycles. The topological polar surface area (TPSA) is 78.2 Å². The van der Waals surface area contributed by atoms with Crippen LogP contribution in [0.15, 0.2) is 41.2 Å². The van der Waals surface area contributed by atoms with Gasteiger partial charge in [-0.25, -0.2) is 13.6 Å². The molecule has 0 bridgehead atoms. The van der Waals surface area contributed by atoms with E-state index in [1.807, 2.05) is 6.92 Å². The molecule has 190 valence electrons. The second kappa shape index (κ2) is 10.2. The molecule has 2 aliphatic rings. The molecule has 1 atom stereocenters. The maximum absolute atomic E-state index is 15.4. The summed E-state index contributed by atoms with van der Waals surface area (Å²) >= 11 is 0. The van der Waals surface area contributed by atoms with E-state index in [-0.39, 0.29) is 28.8 Å². The van der Waals surface area contributed by atoms with E-state index in [1.54, 1.807) is 10.6 Å². The van der Waals surface area contributed by atoms with Gasteiger partial charge >= 0.3 is 5.69 Å². The summed E-state index contributed by atoms with van der Waals surface area (Å²) in [5.41, 5.74) is -0.580. The van der Waals surface area contributed by atoms with Crippen LogP contribution in [-0.2, 0) is 13.0 Å². The average molecular weight is 497 g/mol. The highest BCUT2D eigenvalue weighted by Crippen LogP contribution is 2.32. The number of carbonyl (C=O) groups is 1. The Morgan fingerprint density at radius 3 is 2.61 bits per heavy atom. The number of para-hydroxylation sites is 1. The fourth-order valence-corrected chi connectivity index (χ4v) is 5.19. The number of anilines is 1. The van der Waals surface area contributed by atoms with Crippen molar-refractivity contribution in [3.8, 4) is 11.4 Å². The molecular formula is C27H30F2N4O3. The van der Waals surface area contributed by atoms with Gasteiger partial charge in [-0.3, -0.25) is 9.36 Å². The monoisotopic (exact) mass is 496 g/mol. The van der Waals surface area contributed by atoms with Gasteiger partial charge in [0, 0.05) is 19.0 Å². The van der Waals surface area contributed by atoms with Crippen molar-refractivity contribution in [2.45, 2.75) is 70.9 Å². The Morgan fingerprint density at radius 2 is 1.86 bits per heavy atom. The third kappa shape index (κ3) is 4.79. The van der Waals surface area contributed by atoms with E-state index in [0.29, 0.717) is 24.7 Å². The number of hydrogen-bond acceptors (Lipinski definition) is 4. The van der Waals surface area contributed by atoms with Crippen molar-refractivity contribution in [3.63, 3.8) is 0 Å². The molecule has 5 rings (SSSR count). The van der Waals surface area contributed by atoms with E-state index < -0.39 is 23.2 Å². The van der Waals surface area contributed by atoms with Crippen LogP contribution in [-0.4, -0.2) is 26.4 Å². The normalized spacial score (nSPS) is 16.9. The van der Waals surface area contributed by atoms with Crippen LogP contribution in [0.3, 0.4) is 0 Å². The Morgan fingerprint density at radius 1 is 1.08 bits per heavy atom. The van der Waals surface area contributed by atoms with Crippen molar-refractivity contribution >= 4 is 11.6 Å². The van der Waals surface area contributed by atoms with Crippen molar-refractivity contribution in [2.24, 2.45) is 5.92 Å². The first-order chi connectivity index (χ1) is 17.4. The van der Waals surface area contributed by atoms with Crippen LogP contribution in [0.1, 0.15) is 68.1 Å². The van der Waals surface area contributed by atoms with Gasteiger partial charge < -0.3 is 10.1 Å². The van der Waals surface area contributed by atoms with Crippen molar-refractivity contribution in [1.29, 1.82) is 0 Å². The van der Waals surface area contributed by atoms with Gasteiger partial charge in [0.05, 0.1) is 17.4 Å². The number of halogens is 2. The lowest BCUT2D eigenvalue weighted by atomic mass is 9.86. The number of aromatic nitrogens is 3. The third-order valence-corrected chi connectivity index (χ3v) is 7.24. The van der Waals surface area contributed by atoms with Gasteiger partial charge in [0.1, 0.15) is 28.9 Å². The number of hydrogen-bond donors (Lipinski definition) is 1. The van der Waals surface area contributed by atoms with Crippen molar-refractivity contribution < 1.29 is 18.3 Å². The molecule has 1 aliphatic carbocycles. The van der Waals surface area contributed by atoms with Crippen LogP contribution in [0, 0.1) is 17.6 Å². The molecule has 0 unspecified atom stereocenters. The van der Waals surface area contributed by atoms with Crippen molar-refractivity contribution in [1.82, 2.24) is 14.3 Å². The fraction of sp³-hybridized carbons (Fsp3) is 0.444. The number of carbonyl (C=O) groups excluding carboxylic acids is 1. The Hall–Kier alpha value is -3.49. The van der Waals surface area contributed by atoms with E-state index in [9.17, 15) is 14.0 Å². The number of benzene rings is 2. The van der Waals surface area contributed by atoms with Crippen LogP contribution in [0.25, 0.3) is 5.69 Å². The minimum absolute atomic E-state index is 0.0174. The third-order valence-electron chi connectivity index (χ3n) is 7.24. The van der Waals surface area contributed by atoms with Gasteiger partial charge in [-0.2, -0.15) is 4.68 Å². The molecule has 1 fully saturated rings. The number of nitrogens with zero attached hydrogens (tertiary/aromatic N) is 3. The van der Waals surface area contributed by atoms with E-state index in [4.69, 9.17) is 4.74 Å². The van der Waals surface area contributed by atoms with Gasteiger partial charge in [-0.15, -0.1) is 5.10 Å². The lowest BCUT2D eigenvalue weighted by Crippen LogP contribution is -2.28. The summed E-state index contributed by atoms with van der Waals surface area (Å²) < 4.78 is 38.5. The zero-order chi connectivity index (χ0) is 25.2. The molecular weight excluding hydrogens is 466 g/mol. The molecule has 1 aliphatic heterocycles. The molecule has 36 heavy (non-hydrogen) atoms. The first kappa shape index (κ1) is 24.2. The second-order valence-corrected chi connectivity index (χ2v) is 9.67. The van der Waals surface area contributed by atoms with E-state index >= 15 is 4.39 Å². The number of amides is 1. The maximum atomic E-state index is 15.4. The van der Waals surface area contributed by atoms with Crippen LogP contribution in [0.2, 0.25) is 0 Å². The molecule has 3 aromatic rings. The Labute approximate surface area is 208 Å². The zero-order valence-corrected chi connectivity index (χ0v) is 20.3. The van der Waals surface area contributed by atoms with E-state index in [1.165, 1.54) is 30.7 Å². The summed E-state index contributed by atoms with van der Waals surface area (Å²) in [6, 6.07) is 8.18. The molecule has 2 heterocycles. The molecule has 1 N–H and O–H groups in total. The zero-order valence-electron chi connectivity index (χ0n) is 20.3. The summed E-state index contributed by atoms with van der Waals surface area (Å²) in [5.74, 6) is -1.04. The standard InChI is InChI=1S/C27H30F2N4O3/c1-17(18-9-3-2-4-10-18)36-24-16-23(33-27(35)32-14-8-7-13-25(32)31-33)21(29)15-19(24)26(34)30-22-12-6-5-11-20(22)28/h5-6,11-12,15-18H,2-4,7-10,13-14H2,1H3,(H,30,34)/t17-/m0/s1. The molecule has 0 saturated heterocycles. The molecule has 1 amide bonds. The first-order valence-corrected chi connectivity index (χ1v) is 12.7. The summed E-state index contributed by atoms with van der Waals surface area (Å²) in [6.45, 7) is 2.49. The summed E-state index contributed by atoms with van der Waals surface area (Å²) in [5, 5.41) is 6.88. The number of ether oxygens (including phenoxy) is 1. The molecule has 0 radical (unpaired) electrons. The number of fused-ring (bicyclic) bond motifs is 1. The lowest BCUT2D eigenvalue weighted by molar-refractivity contribution is 0.0996. The number of nitrogens with one attached hydrogen (secondary N) is 1. The quantitative estimate of drug-likeness (QED) is 0.506. The molecule has 0 spiro atoms. The molecule has 1 saturated carbocycles. The average Bonchev–Trinajstić information content (AvgIpc) is 3.23. The van der Waals surface area contributed by atoms with Gasteiger partial charge in [-0.1, -0.05) is 31.4 Å². The SMILES string of the molecule is C[C@H](Oc1cc(-n2nc3n(c2=O)CCCC3)c(F)cc1C(=O)Nc1ccccc1F)C1CCCCC1. The Kier molecular flexibility index (Phi) is 6.89. The van der Waals surface area contributed by atoms with Crippen molar-refractivity contribution in [3.05, 3.63) is 69.9 Å². The van der Waals surface area contributed by atoms with Gasteiger partial charge in [-0.05, 0) is 56.7 Å². The Bertz CT molecular complexity index is 1330. The fourth-order valence-electron chi connectivity index (χ4n) is 5.19. The van der Waals surface area contributed by atoms with E-state index in [2.05, 4.69) is 10.4 Å². The van der Waals surface area contributed by atoms with Crippen LogP contribution in [0.5, 0.6) is 5.75 Å². The van der Waals surface area contributed by atoms with Gasteiger partial charge in [0.2, 0.25) is 0 Å². The molecule has 7 nitrogen and oxygen atoms in total. The van der Waals surface area contributed by atoms with Crippen LogP contribution < -0.4 is 15.7 Å². The number of rotatable bonds is 6. The highest BCUT2D eigenvalue weighted by atomic mass is 19.1. The van der Waals surface area contributed by atoms with Crippen LogP contribution in [0.4, 0.5) is 14.5 Å². The predicted octanol–water partition coefficient (Wildman–Crippen LogP) is 5.25. The summed E-state index contributed by atoms with van der Waals surface area (Å²) in [7, 11) is 0. The second-order valence-electron chi connectivity index (χ2n) is 9.67. The van der Waals surface area contributed by atoms with E-state index in [0.717, 1.165) is 49.3 Å². The highest BCUT2D eigenvalue weighted by molar-refractivity contribution is 6.06. The predicted molar refractivity (Wildman–Crippen MR) is 132 cm³/mol. The summed E-state index contributed by atoms with van der Waals surface area (Å²) in [6.07, 6.45) is 7.65. The molecule has 1 aromatic heterocycles. The van der Waals surface area contributed by atoms with Crippen molar-refractivity contribution in [2.75, 3.05) is 5.32 Å². The highest BCUT2D eigenvalue weighted by Gasteiger charge is 2.27. The lowest BCUT2D eigenvalue weighted by Gasteiger charge is -2.29. The van der Waals surface area contributed by atoms with Gasteiger partial charge in [0.25, 0.3) is 5.91 Å². The smallest absolute Gasteiger partial charge is 0.350 e. The van der Waals surface area contributed by atoms with Gasteiger partial charge in [0.15, 0.2) is 0 Å². The Balaban J connectivity index is 1.54. The minimum atomic E-state index is -0.788. The minimum Gasteiger partial charge on any atom is -0.490 e.